The molecule has 8 heteroatoms. The average molecular weight is 400 g/mol. The molecule has 0 saturated carbocycles. The fourth-order valence-corrected chi connectivity index (χ4v) is 2.90. The third kappa shape index (κ3) is 5.78. The Morgan fingerprint density at radius 2 is 1.72 bits per heavy atom. The molecule has 0 aliphatic carbocycles. The maximum atomic E-state index is 13.7. The number of anilines is 1. The first kappa shape index (κ1) is 20.3. The van der Waals surface area contributed by atoms with Gasteiger partial charge in [-0.05, 0) is 36.1 Å². The van der Waals surface area contributed by atoms with Crippen molar-refractivity contribution in [2.24, 2.45) is 0 Å². The lowest BCUT2D eigenvalue weighted by Crippen LogP contribution is -2.32. The molecule has 150 valence electrons. The zero-order chi connectivity index (χ0) is 20.7. The normalized spacial score (nSPS) is 11.1. The molecule has 0 radical (unpaired) electrons. The number of benzene rings is 1. The summed E-state index contributed by atoms with van der Waals surface area (Å²) in [6, 6.07) is 14.4. The number of hydrogen-bond donors (Lipinski definition) is 2. The lowest BCUT2D eigenvalue weighted by atomic mass is 10.0. The fourth-order valence-electron chi connectivity index (χ4n) is 2.90. The van der Waals surface area contributed by atoms with Crippen LogP contribution in [0.2, 0.25) is 0 Å². The molecule has 2 N–H and O–H groups in total. The van der Waals surface area contributed by atoms with Crippen molar-refractivity contribution in [3.63, 3.8) is 0 Å². The number of pyridine rings is 2. The summed E-state index contributed by atoms with van der Waals surface area (Å²) in [6.07, 6.45) is -0.232. The molecule has 2 heterocycles. The van der Waals surface area contributed by atoms with Crippen molar-refractivity contribution in [3.8, 4) is 0 Å². The standard InChI is InChI=1S/C21H19F3N4O/c22-21(23,24)20-16(10-9-15-6-2-1-3-7-15)13-25-14-18(20)27-28-19(29)12-17-8-4-5-11-26-17/h1-8,11,13-14,27H,9-10,12H2,(H,28,29). The van der Waals surface area contributed by atoms with Crippen LogP contribution in [0.25, 0.3) is 0 Å². The summed E-state index contributed by atoms with van der Waals surface area (Å²) < 4.78 is 41.1. The highest BCUT2D eigenvalue weighted by molar-refractivity contribution is 5.79. The van der Waals surface area contributed by atoms with Gasteiger partial charge in [-0.2, -0.15) is 13.2 Å². The van der Waals surface area contributed by atoms with Crippen molar-refractivity contribution in [3.05, 3.63) is 89.5 Å². The van der Waals surface area contributed by atoms with Crippen molar-refractivity contribution in [2.45, 2.75) is 25.4 Å². The molecule has 3 rings (SSSR count). The minimum atomic E-state index is -4.59. The van der Waals surface area contributed by atoms with Gasteiger partial charge in [0.2, 0.25) is 5.91 Å². The molecule has 0 unspecified atom stereocenters. The average Bonchev–Trinajstić information content (AvgIpc) is 2.71. The lowest BCUT2D eigenvalue weighted by Gasteiger charge is -2.18. The first-order valence-corrected chi connectivity index (χ1v) is 8.96. The number of hydrogen-bond acceptors (Lipinski definition) is 4. The molecule has 5 nitrogen and oxygen atoms in total. The zero-order valence-electron chi connectivity index (χ0n) is 15.4. The summed E-state index contributed by atoms with van der Waals surface area (Å²) in [5.74, 6) is -0.508. The van der Waals surface area contributed by atoms with E-state index in [1.165, 1.54) is 12.4 Å². The molecule has 29 heavy (non-hydrogen) atoms. The highest BCUT2D eigenvalue weighted by Crippen LogP contribution is 2.37. The number of nitrogens with zero attached hydrogens (tertiary/aromatic N) is 2. The van der Waals surface area contributed by atoms with E-state index < -0.39 is 17.6 Å². The predicted octanol–water partition coefficient (Wildman–Crippen LogP) is 3.97. The van der Waals surface area contributed by atoms with E-state index in [-0.39, 0.29) is 24.1 Å². The molecule has 1 aromatic carbocycles. The van der Waals surface area contributed by atoms with Crippen LogP contribution >= 0.6 is 0 Å². The van der Waals surface area contributed by atoms with Gasteiger partial charge in [-0.15, -0.1) is 0 Å². The van der Waals surface area contributed by atoms with Crippen LogP contribution in [0.4, 0.5) is 18.9 Å². The summed E-state index contributed by atoms with van der Waals surface area (Å²) in [4.78, 5) is 20.0. The van der Waals surface area contributed by atoms with Gasteiger partial charge >= 0.3 is 6.18 Å². The van der Waals surface area contributed by atoms with Crippen LogP contribution in [0, 0.1) is 0 Å². The third-order valence-electron chi connectivity index (χ3n) is 4.24. The maximum Gasteiger partial charge on any atom is 0.418 e. The smallest absolute Gasteiger partial charge is 0.296 e. The highest BCUT2D eigenvalue weighted by atomic mass is 19.4. The number of carbonyl (C=O) groups is 1. The highest BCUT2D eigenvalue weighted by Gasteiger charge is 2.36. The second-order valence-corrected chi connectivity index (χ2v) is 6.38. The van der Waals surface area contributed by atoms with E-state index in [1.807, 2.05) is 30.3 Å². The summed E-state index contributed by atoms with van der Waals surface area (Å²) in [5.41, 5.74) is 5.04. The van der Waals surface area contributed by atoms with Crippen LogP contribution in [0.1, 0.15) is 22.4 Å². The Morgan fingerprint density at radius 1 is 0.966 bits per heavy atom. The maximum absolute atomic E-state index is 13.7. The van der Waals surface area contributed by atoms with Gasteiger partial charge < -0.3 is 0 Å². The van der Waals surface area contributed by atoms with Crippen molar-refractivity contribution in [2.75, 3.05) is 5.43 Å². The van der Waals surface area contributed by atoms with Crippen LogP contribution in [0.15, 0.2) is 67.1 Å². The Hall–Kier alpha value is -3.42. The SMILES string of the molecule is O=C(Cc1ccccn1)NNc1cncc(CCc2ccccc2)c1C(F)(F)F. The van der Waals surface area contributed by atoms with Crippen LogP contribution in [0.3, 0.4) is 0 Å². The molecule has 0 fully saturated rings. The second-order valence-electron chi connectivity index (χ2n) is 6.38. The number of hydrazine groups is 1. The fraction of sp³-hybridized carbons (Fsp3) is 0.190. The number of nitrogens with one attached hydrogen (secondary N) is 2. The van der Waals surface area contributed by atoms with Crippen LogP contribution in [-0.4, -0.2) is 15.9 Å². The van der Waals surface area contributed by atoms with Gasteiger partial charge in [0.25, 0.3) is 0 Å². The number of aryl methyl sites for hydroxylation is 2. The number of rotatable bonds is 7. The molecule has 1 amide bonds. The van der Waals surface area contributed by atoms with Crippen molar-refractivity contribution in [1.29, 1.82) is 0 Å². The number of carbonyl (C=O) groups excluding carboxylic acids is 1. The lowest BCUT2D eigenvalue weighted by molar-refractivity contribution is -0.137. The topological polar surface area (TPSA) is 66.9 Å². The second kappa shape index (κ2) is 9.18. The van der Waals surface area contributed by atoms with Gasteiger partial charge in [0, 0.05) is 18.1 Å². The Kier molecular flexibility index (Phi) is 6.43. The predicted molar refractivity (Wildman–Crippen MR) is 103 cm³/mol. The molecule has 3 aromatic rings. The largest absolute Gasteiger partial charge is 0.418 e. The van der Waals surface area contributed by atoms with Crippen molar-refractivity contribution < 1.29 is 18.0 Å². The minimum Gasteiger partial charge on any atom is -0.296 e. The molecule has 0 aliphatic rings. The van der Waals surface area contributed by atoms with E-state index in [0.717, 1.165) is 11.8 Å². The quantitative estimate of drug-likeness (QED) is 0.589. The van der Waals surface area contributed by atoms with Gasteiger partial charge in [-0.25, -0.2) is 0 Å². The van der Waals surface area contributed by atoms with E-state index in [0.29, 0.717) is 12.1 Å². The van der Waals surface area contributed by atoms with E-state index >= 15 is 0 Å². The minimum absolute atomic E-state index is 0.0592. The first-order chi connectivity index (χ1) is 13.9. The summed E-state index contributed by atoms with van der Waals surface area (Å²) in [5, 5.41) is 0. The summed E-state index contributed by atoms with van der Waals surface area (Å²) >= 11 is 0. The van der Waals surface area contributed by atoms with Crippen molar-refractivity contribution >= 4 is 11.6 Å². The van der Waals surface area contributed by atoms with Crippen LogP contribution < -0.4 is 10.9 Å². The summed E-state index contributed by atoms with van der Waals surface area (Å²) in [6.45, 7) is 0. The van der Waals surface area contributed by atoms with Crippen molar-refractivity contribution in [1.82, 2.24) is 15.4 Å². The molecular weight excluding hydrogens is 381 g/mol. The number of aromatic nitrogens is 2. The van der Waals surface area contributed by atoms with E-state index in [2.05, 4.69) is 20.8 Å². The molecule has 0 spiro atoms. The number of alkyl halides is 3. The molecule has 0 aliphatic heterocycles. The first-order valence-electron chi connectivity index (χ1n) is 8.96. The van der Waals surface area contributed by atoms with E-state index in [4.69, 9.17) is 0 Å². The Balaban J connectivity index is 1.73. The monoisotopic (exact) mass is 400 g/mol. The van der Waals surface area contributed by atoms with E-state index in [1.54, 1.807) is 18.2 Å². The van der Waals surface area contributed by atoms with Crippen LogP contribution in [-0.2, 0) is 30.2 Å². The summed E-state index contributed by atoms with van der Waals surface area (Å²) in [7, 11) is 0. The van der Waals surface area contributed by atoms with Gasteiger partial charge in [0.05, 0.1) is 23.9 Å². The third-order valence-corrected chi connectivity index (χ3v) is 4.24. The molecule has 0 saturated heterocycles. The van der Waals surface area contributed by atoms with Crippen LogP contribution in [0.5, 0.6) is 0 Å². The molecule has 0 atom stereocenters. The Bertz CT molecular complexity index is 947. The van der Waals surface area contributed by atoms with Gasteiger partial charge in [0.15, 0.2) is 0 Å². The molecule has 2 aromatic heterocycles. The van der Waals surface area contributed by atoms with Gasteiger partial charge in [-0.3, -0.25) is 25.6 Å². The molecule has 0 bridgehead atoms. The van der Waals surface area contributed by atoms with Gasteiger partial charge in [-0.1, -0.05) is 36.4 Å². The Morgan fingerprint density at radius 3 is 2.41 bits per heavy atom. The zero-order valence-corrected chi connectivity index (χ0v) is 15.4. The number of amides is 1. The van der Waals surface area contributed by atoms with E-state index in [9.17, 15) is 18.0 Å². The number of halogens is 3. The Labute approximate surface area is 166 Å². The van der Waals surface area contributed by atoms with Gasteiger partial charge in [0.1, 0.15) is 0 Å². The molecular formula is C21H19F3N4O.